The van der Waals surface area contributed by atoms with Crippen molar-refractivity contribution in [1.29, 1.82) is 0 Å². The highest BCUT2D eigenvalue weighted by atomic mass is 19.1. The second kappa shape index (κ2) is 8.00. The summed E-state index contributed by atoms with van der Waals surface area (Å²) >= 11 is 0. The van der Waals surface area contributed by atoms with Crippen LogP contribution in [0.3, 0.4) is 0 Å². The first-order chi connectivity index (χ1) is 11.9. The minimum atomic E-state index is -1.16. The van der Waals surface area contributed by atoms with Gasteiger partial charge in [-0.05, 0) is 42.5 Å². The quantitative estimate of drug-likeness (QED) is 0.839. The van der Waals surface area contributed by atoms with Gasteiger partial charge < -0.3 is 14.8 Å². The number of ether oxygens (including phenoxy) is 2. The van der Waals surface area contributed by atoms with Crippen molar-refractivity contribution < 1.29 is 32.6 Å². The number of hydrogen-bond acceptors (Lipinski definition) is 5. The predicted octanol–water partition coefficient (Wildman–Crippen LogP) is 2.55. The molecule has 0 saturated carbocycles. The second-order valence-corrected chi connectivity index (χ2v) is 4.82. The van der Waals surface area contributed by atoms with Crippen LogP contribution < -0.4 is 5.32 Å². The molecule has 0 unspecified atom stereocenters. The Morgan fingerprint density at radius 1 is 1.00 bits per heavy atom. The van der Waals surface area contributed by atoms with Crippen molar-refractivity contribution in [1.82, 2.24) is 0 Å². The molecule has 2 aromatic rings. The zero-order chi connectivity index (χ0) is 18.4. The molecule has 0 spiro atoms. The summed E-state index contributed by atoms with van der Waals surface area (Å²) in [6.07, 6.45) is 0. The number of methoxy groups -OCH3 is 1. The van der Waals surface area contributed by atoms with Crippen LogP contribution in [0.4, 0.5) is 14.5 Å². The number of amides is 1. The molecule has 6 nitrogen and oxygen atoms in total. The van der Waals surface area contributed by atoms with Gasteiger partial charge in [-0.2, -0.15) is 0 Å². The Morgan fingerprint density at radius 2 is 1.68 bits per heavy atom. The maximum absolute atomic E-state index is 13.4. The van der Waals surface area contributed by atoms with E-state index in [4.69, 9.17) is 0 Å². The Hall–Kier alpha value is -3.29. The van der Waals surface area contributed by atoms with Crippen molar-refractivity contribution >= 4 is 23.5 Å². The number of hydrogen-bond donors (Lipinski definition) is 1. The summed E-state index contributed by atoms with van der Waals surface area (Å²) in [5.74, 6) is -4.12. The minimum Gasteiger partial charge on any atom is -0.465 e. The van der Waals surface area contributed by atoms with E-state index in [-0.39, 0.29) is 0 Å². The second-order valence-electron chi connectivity index (χ2n) is 4.82. The number of carbonyl (C=O) groups excluding carboxylic acids is 3. The lowest BCUT2D eigenvalue weighted by molar-refractivity contribution is -0.119. The van der Waals surface area contributed by atoms with Crippen molar-refractivity contribution in [3.05, 3.63) is 65.2 Å². The van der Waals surface area contributed by atoms with Crippen molar-refractivity contribution in [3.63, 3.8) is 0 Å². The maximum Gasteiger partial charge on any atom is 0.341 e. The molecule has 0 aliphatic rings. The van der Waals surface area contributed by atoms with Crippen LogP contribution in [0.2, 0.25) is 0 Å². The molecule has 0 aliphatic carbocycles. The van der Waals surface area contributed by atoms with Gasteiger partial charge in [0, 0.05) is 5.69 Å². The normalized spacial score (nSPS) is 10.0. The van der Waals surface area contributed by atoms with E-state index < -0.39 is 41.7 Å². The van der Waals surface area contributed by atoms with E-state index in [1.165, 1.54) is 31.4 Å². The highest BCUT2D eigenvalue weighted by Crippen LogP contribution is 2.12. The van der Waals surface area contributed by atoms with Crippen molar-refractivity contribution in [2.45, 2.75) is 0 Å². The van der Waals surface area contributed by atoms with E-state index in [0.717, 1.165) is 12.1 Å². The molecule has 130 valence electrons. The first kappa shape index (κ1) is 18.1. The van der Waals surface area contributed by atoms with Gasteiger partial charge in [-0.3, -0.25) is 4.79 Å². The van der Waals surface area contributed by atoms with Gasteiger partial charge in [0.2, 0.25) is 0 Å². The Balaban J connectivity index is 1.91. The van der Waals surface area contributed by atoms with Crippen LogP contribution in [0.1, 0.15) is 20.7 Å². The Labute approximate surface area is 141 Å². The topological polar surface area (TPSA) is 81.7 Å². The molecular formula is C17H13F2NO5. The zero-order valence-corrected chi connectivity index (χ0v) is 13.0. The molecule has 1 N–H and O–H groups in total. The number of esters is 2. The Morgan fingerprint density at radius 3 is 2.32 bits per heavy atom. The minimum absolute atomic E-state index is 0.300. The first-order valence-corrected chi connectivity index (χ1v) is 7.01. The Kier molecular flexibility index (Phi) is 5.78. The maximum atomic E-state index is 13.4. The molecule has 0 aromatic heterocycles. The van der Waals surface area contributed by atoms with E-state index in [2.05, 4.69) is 14.8 Å². The lowest BCUT2D eigenvalue weighted by atomic mass is 10.2. The standard InChI is InChI=1S/C17H13F2NO5/c1-24-16(22)10-2-5-12(6-3-10)20-15(21)9-25-17(23)13-8-11(18)4-7-14(13)19/h2-8H,9H2,1H3,(H,20,21). The molecular weight excluding hydrogens is 336 g/mol. The monoisotopic (exact) mass is 349 g/mol. The van der Waals surface area contributed by atoms with Gasteiger partial charge in [-0.1, -0.05) is 0 Å². The number of carbonyl (C=O) groups is 3. The highest BCUT2D eigenvalue weighted by Gasteiger charge is 2.16. The molecule has 0 heterocycles. The fourth-order valence-corrected chi connectivity index (χ4v) is 1.87. The average molecular weight is 349 g/mol. The molecule has 1 amide bonds. The molecule has 0 bridgehead atoms. The highest BCUT2D eigenvalue weighted by molar-refractivity contribution is 5.96. The number of anilines is 1. The zero-order valence-electron chi connectivity index (χ0n) is 13.0. The van der Waals surface area contributed by atoms with Crippen LogP contribution in [0.25, 0.3) is 0 Å². The van der Waals surface area contributed by atoms with E-state index in [9.17, 15) is 23.2 Å². The molecule has 0 radical (unpaired) electrons. The van der Waals surface area contributed by atoms with Gasteiger partial charge in [0.25, 0.3) is 5.91 Å². The molecule has 8 heteroatoms. The molecule has 0 saturated heterocycles. The predicted molar refractivity (Wildman–Crippen MR) is 83.1 cm³/mol. The third-order valence-electron chi connectivity index (χ3n) is 3.07. The van der Waals surface area contributed by atoms with Crippen LogP contribution in [0.15, 0.2) is 42.5 Å². The summed E-state index contributed by atoms with van der Waals surface area (Å²) in [7, 11) is 1.24. The van der Waals surface area contributed by atoms with Crippen molar-refractivity contribution in [2.24, 2.45) is 0 Å². The summed E-state index contributed by atoms with van der Waals surface area (Å²) in [5.41, 5.74) is 0.0503. The molecule has 25 heavy (non-hydrogen) atoms. The third-order valence-corrected chi connectivity index (χ3v) is 3.07. The van der Waals surface area contributed by atoms with Gasteiger partial charge in [0.15, 0.2) is 6.61 Å². The summed E-state index contributed by atoms with van der Waals surface area (Å²) in [6, 6.07) is 8.12. The smallest absolute Gasteiger partial charge is 0.341 e. The fourth-order valence-electron chi connectivity index (χ4n) is 1.87. The van der Waals surface area contributed by atoms with Gasteiger partial charge in [0.1, 0.15) is 11.6 Å². The van der Waals surface area contributed by atoms with Gasteiger partial charge in [-0.15, -0.1) is 0 Å². The number of halogens is 2. The van der Waals surface area contributed by atoms with E-state index in [1.807, 2.05) is 0 Å². The number of rotatable bonds is 5. The molecule has 0 aliphatic heterocycles. The third kappa shape index (κ3) is 4.84. The van der Waals surface area contributed by atoms with Gasteiger partial charge in [0.05, 0.1) is 18.2 Å². The van der Waals surface area contributed by atoms with Crippen molar-refractivity contribution in [3.8, 4) is 0 Å². The van der Waals surface area contributed by atoms with Crippen LogP contribution in [0, 0.1) is 11.6 Å². The van der Waals surface area contributed by atoms with Gasteiger partial charge >= 0.3 is 11.9 Å². The summed E-state index contributed by atoms with van der Waals surface area (Å²) in [5, 5.41) is 2.42. The average Bonchev–Trinajstić information content (AvgIpc) is 2.61. The molecule has 2 aromatic carbocycles. The Bertz CT molecular complexity index is 805. The first-order valence-electron chi connectivity index (χ1n) is 7.01. The molecule has 0 fully saturated rings. The van der Waals surface area contributed by atoms with E-state index >= 15 is 0 Å². The summed E-state index contributed by atoms with van der Waals surface area (Å²) in [4.78, 5) is 34.7. The fraction of sp³-hybridized carbons (Fsp3) is 0.118. The van der Waals surface area contributed by atoms with Crippen LogP contribution in [0.5, 0.6) is 0 Å². The molecule has 2 rings (SSSR count). The van der Waals surface area contributed by atoms with Gasteiger partial charge in [-0.25, -0.2) is 18.4 Å². The SMILES string of the molecule is COC(=O)c1ccc(NC(=O)COC(=O)c2cc(F)ccc2F)cc1. The van der Waals surface area contributed by atoms with Crippen LogP contribution >= 0.6 is 0 Å². The number of nitrogens with one attached hydrogen (secondary N) is 1. The summed E-state index contributed by atoms with van der Waals surface area (Å²) in [6.45, 7) is -0.687. The largest absolute Gasteiger partial charge is 0.465 e. The van der Waals surface area contributed by atoms with E-state index in [1.54, 1.807) is 0 Å². The summed E-state index contributed by atoms with van der Waals surface area (Å²) < 4.78 is 35.6. The molecule has 0 atom stereocenters. The van der Waals surface area contributed by atoms with Crippen molar-refractivity contribution in [2.75, 3.05) is 19.0 Å². The number of benzene rings is 2. The van der Waals surface area contributed by atoms with Crippen LogP contribution in [-0.2, 0) is 14.3 Å². The lowest BCUT2D eigenvalue weighted by Gasteiger charge is -2.08. The van der Waals surface area contributed by atoms with Crippen LogP contribution in [-0.4, -0.2) is 31.6 Å². The lowest BCUT2D eigenvalue weighted by Crippen LogP contribution is -2.21. The van der Waals surface area contributed by atoms with E-state index in [0.29, 0.717) is 17.3 Å².